The van der Waals surface area contributed by atoms with Crippen molar-refractivity contribution in [3.05, 3.63) is 29.6 Å². The van der Waals surface area contributed by atoms with Gasteiger partial charge in [0.05, 0.1) is 12.2 Å². The minimum Gasteiger partial charge on any atom is -0.391 e. The zero-order chi connectivity index (χ0) is 11.7. The zero-order valence-electron chi connectivity index (χ0n) is 9.23. The van der Waals surface area contributed by atoms with Gasteiger partial charge in [-0.25, -0.2) is 4.39 Å². The van der Waals surface area contributed by atoms with Crippen LogP contribution in [0, 0.1) is 5.82 Å². The molecule has 88 valence electrons. The first-order valence-corrected chi connectivity index (χ1v) is 5.48. The second kappa shape index (κ2) is 4.39. The number of hydrogen-bond acceptors (Lipinski definition) is 3. The van der Waals surface area contributed by atoms with E-state index in [-0.39, 0.29) is 11.9 Å². The van der Waals surface area contributed by atoms with Crippen LogP contribution in [0.4, 0.5) is 10.1 Å². The fourth-order valence-electron chi connectivity index (χ4n) is 2.11. The Hall–Kier alpha value is -1.13. The molecule has 4 heteroatoms. The fourth-order valence-corrected chi connectivity index (χ4v) is 2.11. The van der Waals surface area contributed by atoms with Crippen molar-refractivity contribution < 1.29 is 14.6 Å². The van der Waals surface area contributed by atoms with E-state index in [0.29, 0.717) is 12.1 Å². The summed E-state index contributed by atoms with van der Waals surface area (Å²) in [5.74, 6) is -0.348. The maximum Gasteiger partial charge on any atom is 0.123 e. The van der Waals surface area contributed by atoms with Crippen LogP contribution in [0.2, 0.25) is 0 Å². The first-order chi connectivity index (χ1) is 7.58. The quantitative estimate of drug-likeness (QED) is 0.800. The Balaban J connectivity index is 2.32. The lowest BCUT2D eigenvalue weighted by Crippen LogP contribution is -2.22. The van der Waals surface area contributed by atoms with E-state index in [1.54, 1.807) is 13.0 Å². The third-order valence-corrected chi connectivity index (χ3v) is 2.94. The summed E-state index contributed by atoms with van der Waals surface area (Å²) in [5.41, 5.74) is 1.39. The lowest BCUT2D eigenvalue weighted by Gasteiger charge is -2.22. The molecule has 2 atom stereocenters. The van der Waals surface area contributed by atoms with Crippen molar-refractivity contribution in [2.24, 2.45) is 0 Å². The molecule has 0 aromatic heterocycles. The van der Waals surface area contributed by atoms with E-state index < -0.39 is 6.10 Å². The summed E-state index contributed by atoms with van der Waals surface area (Å²) < 4.78 is 13.1. The zero-order valence-corrected chi connectivity index (χ0v) is 9.23. The summed E-state index contributed by atoms with van der Waals surface area (Å²) in [6.07, 6.45) is -0.313. The van der Waals surface area contributed by atoms with Gasteiger partial charge < -0.3 is 15.1 Å². The number of aliphatic hydroxyl groups excluding tert-OH is 2. The summed E-state index contributed by atoms with van der Waals surface area (Å²) in [5, 5.41) is 19.1. The molecule has 1 aliphatic rings. The van der Waals surface area contributed by atoms with Crippen molar-refractivity contribution in [3.63, 3.8) is 0 Å². The summed E-state index contributed by atoms with van der Waals surface area (Å²) in [4.78, 5) is 1.98. The van der Waals surface area contributed by atoms with Crippen molar-refractivity contribution in [2.45, 2.75) is 25.6 Å². The highest BCUT2D eigenvalue weighted by Crippen LogP contribution is 2.29. The van der Waals surface area contributed by atoms with Gasteiger partial charge in [-0.15, -0.1) is 0 Å². The molecule has 1 fully saturated rings. The van der Waals surface area contributed by atoms with E-state index in [0.717, 1.165) is 18.7 Å². The van der Waals surface area contributed by atoms with Crippen LogP contribution in [0.5, 0.6) is 0 Å². The number of anilines is 1. The maximum absolute atomic E-state index is 13.1. The van der Waals surface area contributed by atoms with E-state index in [2.05, 4.69) is 0 Å². The molecule has 1 aliphatic heterocycles. The third-order valence-electron chi connectivity index (χ3n) is 2.94. The Morgan fingerprint density at radius 2 is 2.25 bits per heavy atom. The summed E-state index contributed by atoms with van der Waals surface area (Å²) in [6, 6.07) is 4.39. The first-order valence-electron chi connectivity index (χ1n) is 5.48. The molecule has 2 unspecified atom stereocenters. The number of hydrogen-bond donors (Lipinski definition) is 2. The van der Waals surface area contributed by atoms with Gasteiger partial charge in [-0.1, -0.05) is 0 Å². The Morgan fingerprint density at radius 1 is 1.50 bits per heavy atom. The summed E-state index contributed by atoms with van der Waals surface area (Å²) in [7, 11) is 0. The number of halogens is 1. The normalized spacial score (nSPS) is 22.5. The largest absolute Gasteiger partial charge is 0.391 e. The van der Waals surface area contributed by atoms with E-state index >= 15 is 0 Å². The fraction of sp³-hybridized carbons (Fsp3) is 0.500. The molecule has 2 N–H and O–H groups in total. The van der Waals surface area contributed by atoms with Gasteiger partial charge >= 0.3 is 0 Å². The topological polar surface area (TPSA) is 43.7 Å². The molecule has 1 aromatic rings. The molecular formula is C12H16FNO2. The Labute approximate surface area is 94.1 Å². The molecule has 2 rings (SSSR count). The van der Waals surface area contributed by atoms with E-state index in [4.69, 9.17) is 0 Å². The van der Waals surface area contributed by atoms with E-state index in [9.17, 15) is 14.6 Å². The van der Waals surface area contributed by atoms with Crippen LogP contribution in [0.15, 0.2) is 18.2 Å². The molecule has 1 saturated heterocycles. The third kappa shape index (κ3) is 2.18. The van der Waals surface area contributed by atoms with Gasteiger partial charge in [0.1, 0.15) is 5.82 Å². The van der Waals surface area contributed by atoms with E-state index in [1.165, 1.54) is 12.1 Å². The summed E-state index contributed by atoms with van der Waals surface area (Å²) in [6.45, 7) is 2.91. The number of benzene rings is 1. The highest BCUT2D eigenvalue weighted by molar-refractivity contribution is 5.55. The van der Waals surface area contributed by atoms with Gasteiger partial charge in [0.2, 0.25) is 0 Å². The molecule has 0 saturated carbocycles. The average molecular weight is 225 g/mol. The molecule has 3 nitrogen and oxygen atoms in total. The minimum absolute atomic E-state index is 0.327. The van der Waals surface area contributed by atoms with Crippen LogP contribution in [0.1, 0.15) is 25.0 Å². The molecule has 1 heterocycles. The molecule has 1 aromatic carbocycles. The van der Waals surface area contributed by atoms with Crippen LogP contribution >= 0.6 is 0 Å². The minimum atomic E-state index is -0.705. The number of rotatable bonds is 2. The summed E-state index contributed by atoms with van der Waals surface area (Å²) >= 11 is 0. The Morgan fingerprint density at radius 3 is 2.81 bits per heavy atom. The predicted octanol–water partition coefficient (Wildman–Crippen LogP) is 1.45. The van der Waals surface area contributed by atoms with Gasteiger partial charge in [-0.05, 0) is 31.5 Å². The SMILES string of the molecule is CC(O)c1cc(F)ccc1N1CCC(O)C1. The molecule has 0 radical (unpaired) electrons. The number of aliphatic hydroxyl groups is 2. The average Bonchev–Trinajstić information content (AvgIpc) is 2.64. The number of nitrogens with zero attached hydrogens (tertiary/aromatic N) is 1. The van der Waals surface area contributed by atoms with E-state index in [1.807, 2.05) is 4.90 Å². The molecule has 0 amide bonds. The molecular weight excluding hydrogens is 209 g/mol. The highest BCUT2D eigenvalue weighted by Gasteiger charge is 2.23. The predicted molar refractivity (Wildman–Crippen MR) is 59.9 cm³/mol. The van der Waals surface area contributed by atoms with Gasteiger partial charge in [0.25, 0.3) is 0 Å². The standard InChI is InChI=1S/C12H16FNO2/c1-8(15)11-6-9(13)2-3-12(11)14-5-4-10(16)7-14/h2-3,6,8,10,15-16H,4-5,7H2,1H3. The number of β-amino-alcohol motifs (C(OH)–C–C–N with tert-alkyl or cyclic N) is 1. The second-order valence-corrected chi connectivity index (χ2v) is 4.27. The van der Waals surface area contributed by atoms with Crippen molar-refractivity contribution in [3.8, 4) is 0 Å². The monoisotopic (exact) mass is 225 g/mol. The Bertz CT molecular complexity index is 381. The van der Waals surface area contributed by atoms with Crippen molar-refractivity contribution in [2.75, 3.05) is 18.0 Å². The van der Waals surface area contributed by atoms with Gasteiger partial charge in [-0.3, -0.25) is 0 Å². The molecule has 0 bridgehead atoms. The lowest BCUT2D eigenvalue weighted by atomic mass is 10.1. The highest BCUT2D eigenvalue weighted by atomic mass is 19.1. The molecule has 0 aliphatic carbocycles. The molecule has 16 heavy (non-hydrogen) atoms. The maximum atomic E-state index is 13.1. The van der Waals surface area contributed by atoms with Crippen molar-refractivity contribution >= 4 is 5.69 Å². The second-order valence-electron chi connectivity index (χ2n) is 4.27. The van der Waals surface area contributed by atoms with Crippen LogP contribution in [0.25, 0.3) is 0 Å². The lowest BCUT2D eigenvalue weighted by molar-refractivity contribution is 0.196. The van der Waals surface area contributed by atoms with Crippen molar-refractivity contribution in [1.29, 1.82) is 0 Å². The van der Waals surface area contributed by atoms with Crippen LogP contribution in [-0.2, 0) is 0 Å². The van der Waals surface area contributed by atoms with Crippen LogP contribution in [0.3, 0.4) is 0 Å². The smallest absolute Gasteiger partial charge is 0.123 e. The van der Waals surface area contributed by atoms with Gasteiger partial charge in [0, 0.05) is 24.3 Å². The van der Waals surface area contributed by atoms with Crippen molar-refractivity contribution in [1.82, 2.24) is 0 Å². The van der Waals surface area contributed by atoms with Crippen LogP contribution < -0.4 is 4.90 Å². The van der Waals surface area contributed by atoms with Gasteiger partial charge in [0.15, 0.2) is 0 Å². The Kier molecular flexibility index (Phi) is 3.12. The van der Waals surface area contributed by atoms with Gasteiger partial charge in [-0.2, -0.15) is 0 Å². The first kappa shape index (κ1) is 11.4. The van der Waals surface area contributed by atoms with Crippen LogP contribution in [-0.4, -0.2) is 29.4 Å². The molecule has 0 spiro atoms.